The molecule has 0 radical (unpaired) electrons. The van der Waals surface area contributed by atoms with Gasteiger partial charge in [0, 0.05) is 5.69 Å². The molecule has 0 amide bonds. The van der Waals surface area contributed by atoms with Gasteiger partial charge >= 0.3 is 11.9 Å². The van der Waals surface area contributed by atoms with Gasteiger partial charge in [-0.2, -0.15) is 0 Å². The second-order valence-corrected chi connectivity index (χ2v) is 8.01. The van der Waals surface area contributed by atoms with Crippen LogP contribution in [0.5, 0.6) is 0 Å². The van der Waals surface area contributed by atoms with E-state index in [2.05, 4.69) is 4.72 Å². The van der Waals surface area contributed by atoms with Crippen molar-refractivity contribution in [1.29, 1.82) is 0 Å². The Hall–Kier alpha value is -2.87. The third kappa shape index (κ3) is 4.85. The second-order valence-electron chi connectivity index (χ2n) is 6.36. The van der Waals surface area contributed by atoms with E-state index in [9.17, 15) is 18.0 Å². The highest BCUT2D eigenvalue weighted by atomic mass is 32.2. The number of aryl methyl sites for hydroxylation is 1. The van der Waals surface area contributed by atoms with Crippen LogP contribution >= 0.6 is 0 Å². The van der Waals surface area contributed by atoms with Crippen LogP contribution in [0.2, 0.25) is 0 Å². The molecule has 0 saturated heterocycles. The van der Waals surface area contributed by atoms with Crippen LogP contribution < -0.4 is 4.72 Å². The average Bonchev–Trinajstić information content (AvgIpc) is 2.56. The fraction of sp³-hybridized carbons (Fsp3) is 0.263. The quantitative estimate of drug-likeness (QED) is 0.731. The third-order valence-corrected chi connectivity index (χ3v) is 5.38. The summed E-state index contributed by atoms with van der Waals surface area (Å²) in [6.45, 7) is 6.72. The Labute approximate surface area is 158 Å². The largest absolute Gasteiger partial charge is 0.478 e. The van der Waals surface area contributed by atoms with Gasteiger partial charge in [0.1, 0.15) is 0 Å². The molecular formula is C19H21NO6S. The molecule has 2 N–H and O–H groups in total. The summed E-state index contributed by atoms with van der Waals surface area (Å²) in [5, 5.41) is 9.17. The van der Waals surface area contributed by atoms with Gasteiger partial charge in [0.05, 0.1) is 22.1 Å². The minimum atomic E-state index is -4.00. The highest BCUT2D eigenvalue weighted by Crippen LogP contribution is 2.24. The van der Waals surface area contributed by atoms with Gasteiger partial charge < -0.3 is 9.84 Å². The first kappa shape index (κ1) is 20.4. The Morgan fingerprint density at radius 2 is 1.63 bits per heavy atom. The SMILES string of the molecule is Cc1cc(C(=O)O)cc(S(=O)(=O)Nc2ccc(C(=O)OC(C)C)cc2)c1C. The van der Waals surface area contributed by atoms with Crippen LogP contribution in [0, 0.1) is 13.8 Å². The molecule has 0 aliphatic heterocycles. The number of carbonyl (C=O) groups is 2. The maximum absolute atomic E-state index is 12.7. The maximum atomic E-state index is 12.7. The van der Waals surface area contributed by atoms with Crippen molar-refractivity contribution in [3.63, 3.8) is 0 Å². The van der Waals surface area contributed by atoms with Gasteiger partial charge in [-0.3, -0.25) is 4.72 Å². The molecule has 0 spiro atoms. The van der Waals surface area contributed by atoms with E-state index in [-0.39, 0.29) is 22.3 Å². The zero-order valence-corrected chi connectivity index (χ0v) is 16.3. The smallest absolute Gasteiger partial charge is 0.338 e. The Kier molecular flexibility index (Phi) is 5.90. The summed E-state index contributed by atoms with van der Waals surface area (Å²) in [4.78, 5) is 23.0. The van der Waals surface area contributed by atoms with Crippen LogP contribution in [0.25, 0.3) is 0 Å². The van der Waals surface area contributed by atoms with E-state index in [4.69, 9.17) is 9.84 Å². The molecule has 2 aromatic carbocycles. The molecule has 144 valence electrons. The first-order chi connectivity index (χ1) is 12.5. The van der Waals surface area contributed by atoms with Gasteiger partial charge in [0.15, 0.2) is 0 Å². The van der Waals surface area contributed by atoms with Crippen molar-refractivity contribution in [2.45, 2.75) is 38.7 Å². The zero-order valence-electron chi connectivity index (χ0n) is 15.4. The highest BCUT2D eigenvalue weighted by Gasteiger charge is 2.21. The van der Waals surface area contributed by atoms with Gasteiger partial charge in [-0.05, 0) is 75.2 Å². The summed E-state index contributed by atoms with van der Waals surface area (Å²) in [6.07, 6.45) is -0.261. The first-order valence-electron chi connectivity index (χ1n) is 8.19. The number of carboxylic acids is 1. The van der Waals surface area contributed by atoms with Crippen LogP contribution in [0.15, 0.2) is 41.3 Å². The molecule has 0 atom stereocenters. The minimum absolute atomic E-state index is 0.106. The number of carboxylic acid groups (broad SMARTS) is 1. The van der Waals surface area contributed by atoms with E-state index < -0.39 is 22.0 Å². The number of ether oxygens (including phenoxy) is 1. The number of nitrogens with one attached hydrogen (secondary N) is 1. The second kappa shape index (κ2) is 7.79. The summed E-state index contributed by atoms with van der Waals surface area (Å²) < 4.78 is 32.9. The molecule has 0 saturated carbocycles. The van der Waals surface area contributed by atoms with Crippen molar-refractivity contribution in [2.75, 3.05) is 4.72 Å². The van der Waals surface area contributed by atoms with Gasteiger partial charge in [-0.1, -0.05) is 0 Å². The standard InChI is InChI=1S/C19H21NO6S/c1-11(2)26-19(23)14-5-7-16(8-6-14)20-27(24,25)17-10-15(18(21)22)9-12(3)13(17)4/h5-11,20H,1-4H3,(H,21,22). The minimum Gasteiger partial charge on any atom is -0.478 e. The predicted octanol–water partition coefficient (Wildman–Crippen LogP) is 3.37. The zero-order chi connectivity index (χ0) is 20.4. The van der Waals surface area contributed by atoms with Crippen molar-refractivity contribution in [2.24, 2.45) is 0 Å². The molecule has 0 aliphatic rings. The average molecular weight is 391 g/mol. The van der Waals surface area contributed by atoms with Crippen LogP contribution in [0.1, 0.15) is 45.7 Å². The lowest BCUT2D eigenvalue weighted by molar-refractivity contribution is 0.0377. The summed E-state index contributed by atoms with van der Waals surface area (Å²) >= 11 is 0. The molecule has 2 rings (SSSR count). The molecule has 0 unspecified atom stereocenters. The van der Waals surface area contributed by atoms with Crippen molar-refractivity contribution < 1.29 is 27.9 Å². The number of aromatic carboxylic acids is 1. The number of esters is 1. The number of anilines is 1. The van der Waals surface area contributed by atoms with Crippen molar-refractivity contribution in [3.8, 4) is 0 Å². The Balaban J connectivity index is 2.32. The monoisotopic (exact) mass is 391 g/mol. The van der Waals surface area contributed by atoms with E-state index in [1.54, 1.807) is 27.7 Å². The third-order valence-electron chi connectivity index (χ3n) is 3.87. The molecule has 8 heteroatoms. The van der Waals surface area contributed by atoms with Gasteiger partial charge in [0.2, 0.25) is 0 Å². The fourth-order valence-corrected chi connectivity index (χ4v) is 3.80. The number of rotatable bonds is 6. The number of sulfonamides is 1. The lowest BCUT2D eigenvalue weighted by atomic mass is 10.1. The molecular weight excluding hydrogens is 370 g/mol. The van der Waals surface area contributed by atoms with Gasteiger partial charge in [-0.15, -0.1) is 0 Å². The van der Waals surface area contributed by atoms with E-state index in [1.165, 1.54) is 30.3 Å². The highest BCUT2D eigenvalue weighted by molar-refractivity contribution is 7.92. The molecule has 0 aromatic heterocycles. The number of hydrogen-bond acceptors (Lipinski definition) is 5. The van der Waals surface area contributed by atoms with E-state index >= 15 is 0 Å². The predicted molar refractivity (Wildman–Crippen MR) is 101 cm³/mol. The number of carbonyl (C=O) groups excluding carboxylic acids is 1. The van der Waals surface area contributed by atoms with Gasteiger partial charge in [-0.25, -0.2) is 18.0 Å². The van der Waals surface area contributed by atoms with Crippen molar-refractivity contribution in [1.82, 2.24) is 0 Å². The molecule has 0 fully saturated rings. The number of benzene rings is 2. The molecule has 0 aliphatic carbocycles. The molecule has 2 aromatic rings. The summed E-state index contributed by atoms with van der Waals surface area (Å²) in [5.41, 5.74) is 1.46. The summed E-state index contributed by atoms with van der Waals surface area (Å²) in [6, 6.07) is 8.34. The maximum Gasteiger partial charge on any atom is 0.338 e. The molecule has 7 nitrogen and oxygen atoms in total. The summed E-state index contributed by atoms with van der Waals surface area (Å²) in [5.74, 6) is -1.71. The molecule has 0 bridgehead atoms. The van der Waals surface area contributed by atoms with Gasteiger partial charge in [0.25, 0.3) is 10.0 Å². The lowest BCUT2D eigenvalue weighted by Gasteiger charge is -2.13. The van der Waals surface area contributed by atoms with Crippen LogP contribution in [0.4, 0.5) is 5.69 Å². The fourth-order valence-electron chi connectivity index (χ4n) is 2.40. The van der Waals surface area contributed by atoms with Crippen molar-refractivity contribution in [3.05, 3.63) is 58.7 Å². The van der Waals surface area contributed by atoms with E-state index in [0.29, 0.717) is 16.7 Å². The molecule has 0 heterocycles. The lowest BCUT2D eigenvalue weighted by Crippen LogP contribution is -2.16. The Bertz CT molecular complexity index is 978. The summed E-state index contributed by atoms with van der Waals surface area (Å²) in [7, 11) is -4.00. The van der Waals surface area contributed by atoms with Crippen molar-refractivity contribution >= 4 is 27.6 Å². The first-order valence-corrected chi connectivity index (χ1v) is 9.68. The van der Waals surface area contributed by atoms with E-state index in [1.807, 2.05) is 0 Å². The van der Waals surface area contributed by atoms with E-state index in [0.717, 1.165) is 6.07 Å². The van der Waals surface area contributed by atoms with Crippen LogP contribution in [-0.2, 0) is 14.8 Å². The Morgan fingerprint density at radius 3 is 2.15 bits per heavy atom. The Morgan fingerprint density at radius 1 is 1.04 bits per heavy atom. The normalized spacial score (nSPS) is 11.3. The molecule has 27 heavy (non-hydrogen) atoms. The number of hydrogen-bond donors (Lipinski definition) is 2. The topological polar surface area (TPSA) is 110 Å². The van der Waals surface area contributed by atoms with Crippen LogP contribution in [-0.4, -0.2) is 31.6 Å². The van der Waals surface area contributed by atoms with Crippen LogP contribution in [0.3, 0.4) is 0 Å².